The fraction of sp³-hybridized carbons (Fsp3) is 0.348. The number of methoxy groups -OCH3 is 2. The Bertz CT molecular complexity index is 796. The highest BCUT2D eigenvalue weighted by Crippen LogP contribution is 2.36. The summed E-state index contributed by atoms with van der Waals surface area (Å²) in [6, 6.07) is 15.3. The van der Waals surface area contributed by atoms with Gasteiger partial charge < -0.3 is 24.1 Å². The summed E-state index contributed by atoms with van der Waals surface area (Å²) in [6.45, 7) is 1.18. The van der Waals surface area contributed by atoms with Crippen LogP contribution in [0, 0.1) is 0 Å². The van der Waals surface area contributed by atoms with Crippen LogP contribution in [0.3, 0.4) is 0 Å². The molecule has 148 valence electrons. The molecule has 1 heterocycles. The fourth-order valence-corrected chi connectivity index (χ4v) is 3.20. The molecule has 1 N–H and O–H groups in total. The highest BCUT2D eigenvalue weighted by atomic mass is 16.7. The van der Waals surface area contributed by atoms with E-state index in [0.29, 0.717) is 43.1 Å². The van der Waals surface area contributed by atoms with Crippen LogP contribution in [-0.4, -0.2) is 32.5 Å². The summed E-state index contributed by atoms with van der Waals surface area (Å²) in [7, 11) is 3.16. The molecule has 2 aromatic carbocycles. The van der Waals surface area contributed by atoms with Crippen LogP contribution in [0.5, 0.6) is 11.5 Å². The van der Waals surface area contributed by atoms with E-state index in [-0.39, 0.29) is 0 Å². The van der Waals surface area contributed by atoms with Gasteiger partial charge in [-0.15, -0.1) is 5.73 Å². The van der Waals surface area contributed by atoms with Crippen LogP contribution >= 0.6 is 0 Å². The Morgan fingerprint density at radius 1 is 1.07 bits per heavy atom. The molecule has 0 amide bonds. The molecule has 0 aliphatic carbocycles. The monoisotopic (exact) mass is 382 g/mol. The summed E-state index contributed by atoms with van der Waals surface area (Å²) in [5, 5.41) is 10.4. The van der Waals surface area contributed by atoms with E-state index in [9.17, 15) is 5.11 Å². The topological polar surface area (TPSA) is 57.2 Å². The summed E-state index contributed by atoms with van der Waals surface area (Å²) in [4.78, 5) is 0. The Labute approximate surface area is 165 Å². The third-order valence-corrected chi connectivity index (χ3v) is 4.67. The lowest BCUT2D eigenvalue weighted by atomic mass is 10.0. The van der Waals surface area contributed by atoms with Gasteiger partial charge in [0.15, 0.2) is 5.79 Å². The first-order valence-electron chi connectivity index (χ1n) is 9.32. The molecule has 1 atom stereocenters. The van der Waals surface area contributed by atoms with Gasteiger partial charge in [0, 0.05) is 18.1 Å². The van der Waals surface area contributed by atoms with Crippen LogP contribution in [0.1, 0.15) is 30.1 Å². The van der Waals surface area contributed by atoms with E-state index in [1.807, 2.05) is 36.4 Å². The standard InChI is InChI=1S/C23H26O5/c1-25-20-15-18(16-21(17-20)26-2)22(24)11-7-4-8-12-23(27-13-14-28-23)19-9-5-3-6-10-19/h3-6,9-11,15-17,22,24H,8,12-14H2,1-2H3. The van der Waals surface area contributed by atoms with Crippen molar-refractivity contribution >= 4 is 0 Å². The average Bonchev–Trinajstić information content (AvgIpc) is 3.23. The summed E-state index contributed by atoms with van der Waals surface area (Å²) in [5.41, 5.74) is 4.76. The number of hydrogen-bond acceptors (Lipinski definition) is 5. The van der Waals surface area contributed by atoms with Crippen LogP contribution < -0.4 is 9.47 Å². The second-order valence-electron chi connectivity index (χ2n) is 6.48. The molecule has 5 heteroatoms. The maximum Gasteiger partial charge on any atom is 0.195 e. The Balaban J connectivity index is 1.64. The SMILES string of the molecule is COc1cc(OC)cc(C(O)C=C=CCCC2(c3ccccc3)OCCO2)c1. The Morgan fingerprint density at radius 2 is 1.71 bits per heavy atom. The second-order valence-corrected chi connectivity index (χ2v) is 6.48. The fourth-order valence-electron chi connectivity index (χ4n) is 3.20. The van der Waals surface area contributed by atoms with Crippen molar-refractivity contribution in [2.45, 2.75) is 24.7 Å². The zero-order valence-corrected chi connectivity index (χ0v) is 16.3. The maximum absolute atomic E-state index is 10.4. The van der Waals surface area contributed by atoms with Gasteiger partial charge in [0.05, 0.1) is 27.4 Å². The third kappa shape index (κ3) is 4.83. The van der Waals surface area contributed by atoms with Crippen LogP contribution in [0.15, 0.2) is 66.4 Å². The van der Waals surface area contributed by atoms with E-state index in [2.05, 4.69) is 5.73 Å². The zero-order chi connectivity index (χ0) is 19.8. The quantitative estimate of drug-likeness (QED) is 0.696. The predicted octanol–water partition coefficient (Wildman–Crippen LogP) is 4.13. The lowest BCUT2D eigenvalue weighted by Crippen LogP contribution is -2.26. The lowest BCUT2D eigenvalue weighted by molar-refractivity contribution is -0.170. The van der Waals surface area contributed by atoms with Gasteiger partial charge in [0.2, 0.25) is 0 Å². The van der Waals surface area contributed by atoms with E-state index in [0.717, 1.165) is 5.56 Å². The van der Waals surface area contributed by atoms with Gasteiger partial charge in [0.25, 0.3) is 0 Å². The molecule has 0 saturated carbocycles. The van der Waals surface area contributed by atoms with Crippen molar-refractivity contribution in [3.8, 4) is 11.5 Å². The van der Waals surface area contributed by atoms with Gasteiger partial charge >= 0.3 is 0 Å². The van der Waals surface area contributed by atoms with Gasteiger partial charge in [-0.1, -0.05) is 30.3 Å². The number of aliphatic hydroxyl groups excluding tert-OH is 1. The molecule has 28 heavy (non-hydrogen) atoms. The first-order chi connectivity index (χ1) is 13.7. The summed E-state index contributed by atoms with van der Waals surface area (Å²) in [6.07, 6.45) is 4.08. The van der Waals surface area contributed by atoms with Crippen molar-refractivity contribution in [3.05, 3.63) is 77.5 Å². The number of aliphatic hydroxyl groups is 1. The molecule has 1 unspecified atom stereocenters. The van der Waals surface area contributed by atoms with Crippen molar-refractivity contribution in [2.24, 2.45) is 0 Å². The number of benzene rings is 2. The van der Waals surface area contributed by atoms with Crippen molar-refractivity contribution in [3.63, 3.8) is 0 Å². The van der Waals surface area contributed by atoms with Crippen LogP contribution in [0.2, 0.25) is 0 Å². The minimum Gasteiger partial charge on any atom is -0.497 e. The second kappa shape index (κ2) is 9.58. The molecule has 1 fully saturated rings. The van der Waals surface area contributed by atoms with Crippen LogP contribution in [-0.2, 0) is 15.3 Å². The maximum atomic E-state index is 10.4. The Hall–Kier alpha value is -2.56. The van der Waals surface area contributed by atoms with Gasteiger partial charge in [-0.25, -0.2) is 0 Å². The van der Waals surface area contributed by atoms with Gasteiger partial charge in [-0.05, 0) is 36.3 Å². The smallest absolute Gasteiger partial charge is 0.195 e. The van der Waals surface area contributed by atoms with Crippen molar-refractivity contribution in [2.75, 3.05) is 27.4 Å². The first-order valence-corrected chi connectivity index (χ1v) is 9.32. The average molecular weight is 382 g/mol. The number of hydrogen-bond donors (Lipinski definition) is 1. The normalized spacial score (nSPS) is 16.1. The van der Waals surface area contributed by atoms with E-state index >= 15 is 0 Å². The number of ether oxygens (including phenoxy) is 4. The van der Waals surface area contributed by atoms with E-state index in [4.69, 9.17) is 18.9 Å². The third-order valence-electron chi connectivity index (χ3n) is 4.67. The molecule has 0 bridgehead atoms. The minimum absolute atomic E-state index is 0.588. The largest absolute Gasteiger partial charge is 0.497 e. The van der Waals surface area contributed by atoms with E-state index in [1.54, 1.807) is 38.5 Å². The van der Waals surface area contributed by atoms with Crippen molar-refractivity contribution in [1.29, 1.82) is 0 Å². The molecule has 1 aliphatic rings. The molecule has 0 radical (unpaired) electrons. The number of rotatable bonds is 8. The molecule has 3 rings (SSSR count). The summed E-state index contributed by atoms with van der Waals surface area (Å²) >= 11 is 0. The highest BCUT2D eigenvalue weighted by Gasteiger charge is 2.37. The van der Waals surface area contributed by atoms with Crippen LogP contribution in [0.4, 0.5) is 0 Å². The summed E-state index contributed by atoms with van der Waals surface area (Å²) < 4.78 is 22.3. The van der Waals surface area contributed by atoms with Crippen LogP contribution in [0.25, 0.3) is 0 Å². The van der Waals surface area contributed by atoms with E-state index < -0.39 is 11.9 Å². The van der Waals surface area contributed by atoms with Crippen molar-refractivity contribution < 1.29 is 24.1 Å². The summed E-state index contributed by atoms with van der Waals surface area (Å²) in [5.74, 6) is 0.565. The first kappa shape index (κ1) is 20.2. The van der Waals surface area contributed by atoms with Gasteiger partial charge in [-0.2, -0.15) is 0 Å². The zero-order valence-electron chi connectivity index (χ0n) is 16.3. The molecule has 0 spiro atoms. The van der Waals surface area contributed by atoms with E-state index in [1.165, 1.54) is 0 Å². The molecule has 1 aliphatic heterocycles. The Morgan fingerprint density at radius 3 is 2.32 bits per heavy atom. The molecular weight excluding hydrogens is 356 g/mol. The molecule has 1 saturated heterocycles. The minimum atomic E-state index is -0.803. The lowest BCUT2D eigenvalue weighted by Gasteiger charge is -2.27. The molecular formula is C23H26O5. The molecule has 2 aromatic rings. The highest BCUT2D eigenvalue weighted by molar-refractivity contribution is 5.40. The van der Waals surface area contributed by atoms with Crippen molar-refractivity contribution in [1.82, 2.24) is 0 Å². The predicted molar refractivity (Wildman–Crippen MR) is 106 cm³/mol. The molecule has 0 aromatic heterocycles. The molecule has 5 nitrogen and oxygen atoms in total. The van der Waals surface area contributed by atoms with Gasteiger partial charge in [0.1, 0.15) is 17.6 Å². The Kier molecular flexibility index (Phi) is 6.90. The van der Waals surface area contributed by atoms with Gasteiger partial charge in [-0.3, -0.25) is 0 Å².